The summed E-state index contributed by atoms with van der Waals surface area (Å²) in [6, 6.07) is 9.14. The van der Waals surface area contributed by atoms with Crippen LogP contribution in [-0.2, 0) is 7.05 Å². The van der Waals surface area contributed by atoms with Gasteiger partial charge in [-0.1, -0.05) is 0 Å². The van der Waals surface area contributed by atoms with E-state index in [1.165, 1.54) is 31.3 Å². The van der Waals surface area contributed by atoms with E-state index in [1.807, 2.05) is 0 Å². The number of nitrogens with zero attached hydrogens (tertiary/aromatic N) is 5. The Labute approximate surface area is 143 Å². The van der Waals surface area contributed by atoms with Crippen molar-refractivity contribution in [2.24, 2.45) is 7.05 Å². The molecule has 1 aliphatic heterocycles. The molecule has 1 amide bonds. The fourth-order valence-corrected chi connectivity index (χ4v) is 2.73. The second-order valence-electron chi connectivity index (χ2n) is 5.73. The Morgan fingerprint density at radius 1 is 1.08 bits per heavy atom. The predicted molar refractivity (Wildman–Crippen MR) is 90.7 cm³/mol. The number of nitro groups is 1. The number of aryl methyl sites for hydroxylation is 1. The summed E-state index contributed by atoms with van der Waals surface area (Å²) in [6.07, 6.45) is 0. The van der Waals surface area contributed by atoms with E-state index in [-0.39, 0.29) is 22.8 Å². The topological polar surface area (TPSA) is 102 Å². The van der Waals surface area contributed by atoms with E-state index in [9.17, 15) is 19.7 Å². The maximum Gasteiger partial charge on any atom is 0.274 e. The Morgan fingerprint density at radius 3 is 2.28 bits per heavy atom. The molecule has 1 aromatic carbocycles. The van der Waals surface area contributed by atoms with Crippen LogP contribution < -0.4 is 10.5 Å². The first kappa shape index (κ1) is 16.6. The number of hydrogen-bond donors (Lipinski definition) is 0. The van der Waals surface area contributed by atoms with E-state index < -0.39 is 4.92 Å². The molecule has 0 aliphatic carbocycles. The zero-order valence-electron chi connectivity index (χ0n) is 13.7. The molecule has 9 nitrogen and oxygen atoms in total. The van der Waals surface area contributed by atoms with Gasteiger partial charge in [0.05, 0.1) is 4.92 Å². The molecule has 1 saturated heterocycles. The van der Waals surface area contributed by atoms with Gasteiger partial charge < -0.3 is 9.80 Å². The number of nitro benzene ring substituents is 1. The number of rotatable bonds is 3. The first-order chi connectivity index (χ1) is 12.0. The summed E-state index contributed by atoms with van der Waals surface area (Å²) < 4.78 is 1.14. The molecule has 3 rings (SSSR count). The lowest BCUT2D eigenvalue weighted by molar-refractivity contribution is -0.384. The van der Waals surface area contributed by atoms with Crippen molar-refractivity contribution in [3.63, 3.8) is 0 Å². The maximum atomic E-state index is 12.5. The van der Waals surface area contributed by atoms with Crippen LogP contribution in [-0.4, -0.2) is 51.7 Å². The van der Waals surface area contributed by atoms with E-state index in [4.69, 9.17) is 0 Å². The van der Waals surface area contributed by atoms with Gasteiger partial charge in [0.25, 0.3) is 17.2 Å². The van der Waals surface area contributed by atoms with Crippen LogP contribution in [0.4, 0.5) is 11.4 Å². The highest BCUT2D eigenvalue weighted by atomic mass is 16.6. The van der Waals surface area contributed by atoms with E-state index in [1.54, 1.807) is 17.0 Å². The first-order valence-corrected chi connectivity index (χ1v) is 7.79. The third kappa shape index (κ3) is 3.49. The number of carbonyl (C=O) groups is 1. The lowest BCUT2D eigenvalue weighted by Crippen LogP contribution is -2.49. The van der Waals surface area contributed by atoms with Crippen LogP contribution in [0.1, 0.15) is 10.5 Å². The molecular formula is C16H17N5O4. The fraction of sp³-hybridized carbons (Fsp3) is 0.312. The summed E-state index contributed by atoms with van der Waals surface area (Å²) in [7, 11) is 1.51. The van der Waals surface area contributed by atoms with Gasteiger partial charge in [0.1, 0.15) is 5.69 Å². The monoisotopic (exact) mass is 343 g/mol. The van der Waals surface area contributed by atoms with Gasteiger partial charge in [0.15, 0.2) is 0 Å². The Morgan fingerprint density at radius 2 is 1.72 bits per heavy atom. The van der Waals surface area contributed by atoms with Gasteiger partial charge in [-0.25, -0.2) is 4.68 Å². The van der Waals surface area contributed by atoms with Crippen molar-refractivity contribution < 1.29 is 9.72 Å². The number of aromatic nitrogens is 2. The van der Waals surface area contributed by atoms with Crippen molar-refractivity contribution in [1.82, 2.24) is 14.7 Å². The third-order valence-corrected chi connectivity index (χ3v) is 4.17. The molecule has 130 valence electrons. The Bertz CT molecular complexity index is 854. The molecule has 0 spiro atoms. The third-order valence-electron chi connectivity index (χ3n) is 4.17. The van der Waals surface area contributed by atoms with Crippen LogP contribution in [0, 0.1) is 10.1 Å². The summed E-state index contributed by atoms with van der Waals surface area (Å²) in [5.74, 6) is -0.209. The molecule has 0 unspecified atom stereocenters. The fourth-order valence-electron chi connectivity index (χ4n) is 2.73. The number of amides is 1. The number of piperazine rings is 1. The van der Waals surface area contributed by atoms with Crippen LogP contribution >= 0.6 is 0 Å². The Kier molecular flexibility index (Phi) is 4.46. The minimum absolute atomic E-state index is 0.0540. The van der Waals surface area contributed by atoms with Gasteiger partial charge in [-0.2, -0.15) is 5.10 Å². The summed E-state index contributed by atoms with van der Waals surface area (Å²) >= 11 is 0. The molecule has 1 aliphatic rings. The molecule has 0 atom stereocenters. The molecule has 0 N–H and O–H groups in total. The molecular weight excluding hydrogens is 326 g/mol. The quantitative estimate of drug-likeness (QED) is 0.599. The van der Waals surface area contributed by atoms with Crippen molar-refractivity contribution in [2.75, 3.05) is 31.1 Å². The second-order valence-corrected chi connectivity index (χ2v) is 5.73. The lowest BCUT2D eigenvalue weighted by atomic mass is 10.2. The lowest BCUT2D eigenvalue weighted by Gasteiger charge is -2.35. The Hall–Kier alpha value is -3.23. The summed E-state index contributed by atoms with van der Waals surface area (Å²) in [6.45, 7) is 2.27. The molecule has 2 aromatic rings. The zero-order valence-corrected chi connectivity index (χ0v) is 13.7. The van der Waals surface area contributed by atoms with Gasteiger partial charge >= 0.3 is 0 Å². The number of hydrogen-bond acceptors (Lipinski definition) is 6. The van der Waals surface area contributed by atoms with Gasteiger partial charge in [-0.3, -0.25) is 19.7 Å². The van der Waals surface area contributed by atoms with Crippen molar-refractivity contribution in [2.45, 2.75) is 0 Å². The molecule has 0 bridgehead atoms. The standard InChI is InChI=1S/C16H17N5O4/c1-18-15(22)7-6-14(17-18)16(23)20-10-8-19(9-11-20)12-2-4-13(5-3-12)21(24)25/h2-7H,8-11H2,1H3. The summed E-state index contributed by atoms with van der Waals surface area (Å²) in [4.78, 5) is 37.9. The zero-order chi connectivity index (χ0) is 18.0. The molecule has 0 saturated carbocycles. The largest absolute Gasteiger partial charge is 0.368 e. The van der Waals surface area contributed by atoms with E-state index in [0.717, 1.165) is 10.4 Å². The summed E-state index contributed by atoms with van der Waals surface area (Å²) in [5, 5.41) is 14.7. The first-order valence-electron chi connectivity index (χ1n) is 7.79. The molecule has 2 heterocycles. The van der Waals surface area contributed by atoms with Gasteiger partial charge in [-0.15, -0.1) is 0 Å². The van der Waals surface area contributed by atoms with Crippen LogP contribution in [0.25, 0.3) is 0 Å². The van der Waals surface area contributed by atoms with Gasteiger partial charge in [0, 0.05) is 57.1 Å². The van der Waals surface area contributed by atoms with Crippen molar-refractivity contribution in [1.29, 1.82) is 0 Å². The molecule has 9 heteroatoms. The van der Waals surface area contributed by atoms with Crippen LogP contribution in [0.5, 0.6) is 0 Å². The molecule has 1 aromatic heterocycles. The predicted octanol–water partition coefficient (Wildman–Crippen LogP) is 0.651. The maximum absolute atomic E-state index is 12.5. The number of anilines is 1. The van der Waals surface area contributed by atoms with Crippen molar-refractivity contribution >= 4 is 17.3 Å². The second kappa shape index (κ2) is 6.71. The highest BCUT2D eigenvalue weighted by molar-refractivity contribution is 5.92. The normalized spacial score (nSPS) is 14.4. The number of non-ortho nitro benzene ring substituents is 1. The SMILES string of the molecule is Cn1nc(C(=O)N2CCN(c3ccc([N+](=O)[O-])cc3)CC2)ccc1=O. The van der Waals surface area contributed by atoms with Crippen molar-refractivity contribution in [3.05, 3.63) is 62.6 Å². The molecule has 1 fully saturated rings. The van der Waals surface area contributed by atoms with Gasteiger partial charge in [-0.05, 0) is 18.2 Å². The number of benzene rings is 1. The van der Waals surface area contributed by atoms with Crippen LogP contribution in [0.2, 0.25) is 0 Å². The highest BCUT2D eigenvalue weighted by Gasteiger charge is 2.23. The molecule has 0 radical (unpaired) electrons. The van der Waals surface area contributed by atoms with Crippen LogP contribution in [0.3, 0.4) is 0 Å². The van der Waals surface area contributed by atoms with Gasteiger partial charge in [0.2, 0.25) is 0 Å². The summed E-state index contributed by atoms with van der Waals surface area (Å²) in [5.41, 5.74) is 0.918. The molecule has 25 heavy (non-hydrogen) atoms. The average Bonchev–Trinajstić information content (AvgIpc) is 2.63. The van der Waals surface area contributed by atoms with Crippen molar-refractivity contribution in [3.8, 4) is 0 Å². The Balaban J connectivity index is 1.64. The van der Waals surface area contributed by atoms with Crippen LogP contribution in [0.15, 0.2) is 41.2 Å². The average molecular weight is 343 g/mol. The smallest absolute Gasteiger partial charge is 0.274 e. The highest BCUT2D eigenvalue weighted by Crippen LogP contribution is 2.21. The minimum atomic E-state index is -0.430. The van der Waals surface area contributed by atoms with E-state index >= 15 is 0 Å². The van der Waals surface area contributed by atoms with E-state index in [0.29, 0.717) is 26.2 Å². The minimum Gasteiger partial charge on any atom is -0.368 e. The van der Waals surface area contributed by atoms with E-state index in [2.05, 4.69) is 10.00 Å². The number of carbonyl (C=O) groups excluding carboxylic acids is 1.